The molecule has 4 aromatic rings. The van der Waals surface area contributed by atoms with Crippen LogP contribution >= 0.6 is 0 Å². The number of amides is 1. The molecule has 0 aromatic heterocycles. The van der Waals surface area contributed by atoms with Gasteiger partial charge >= 0.3 is 5.97 Å². The first-order valence-electron chi connectivity index (χ1n) is 15.0. The highest BCUT2D eigenvalue weighted by molar-refractivity contribution is 5.94. The average Bonchev–Trinajstić information content (AvgIpc) is 3.09. The number of carboxylic acid groups (broad SMARTS) is 1. The van der Waals surface area contributed by atoms with Crippen LogP contribution in [0.4, 0.5) is 8.78 Å². The molecule has 4 aromatic carbocycles. The molecule has 6 rings (SSSR count). The van der Waals surface area contributed by atoms with Crippen LogP contribution in [0.3, 0.4) is 0 Å². The molecule has 1 amide bonds. The van der Waals surface area contributed by atoms with E-state index in [1.54, 1.807) is 72.8 Å². The van der Waals surface area contributed by atoms with Crippen molar-refractivity contribution in [2.45, 2.75) is 11.2 Å². The summed E-state index contributed by atoms with van der Waals surface area (Å²) in [5.41, 5.74) is 6.14. The fraction of sp³-hybridized carbons (Fsp3) is 0.211. The molecule has 2 saturated heterocycles. The van der Waals surface area contributed by atoms with Crippen LogP contribution < -0.4 is 11.1 Å². The second-order valence-corrected chi connectivity index (χ2v) is 11.2. The monoisotopic (exact) mass is 668 g/mol. The molecule has 49 heavy (non-hydrogen) atoms. The van der Waals surface area contributed by atoms with Crippen LogP contribution in [-0.2, 0) is 9.47 Å². The Labute approximate surface area is 282 Å². The molecule has 0 unspecified atom stereocenters. The Hall–Kier alpha value is -5.40. The van der Waals surface area contributed by atoms with Crippen molar-refractivity contribution < 1.29 is 43.2 Å². The molecule has 11 heteroatoms. The average molecular weight is 669 g/mol. The maximum atomic E-state index is 13.5. The van der Waals surface area contributed by atoms with E-state index >= 15 is 0 Å². The Kier molecular flexibility index (Phi) is 12.7. The number of benzene rings is 4. The van der Waals surface area contributed by atoms with Gasteiger partial charge in [-0.25, -0.2) is 13.6 Å². The summed E-state index contributed by atoms with van der Waals surface area (Å²) >= 11 is 0. The number of carboxylic acids is 1. The summed E-state index contributed by atoms with van der Waals surface area (Å²) in [6, 6.07) is 25.3. The molecule has 2 fully saturated rings. The number of carbonyl (C=O) groups excluding carboxylic acids is 1. The third-order valence-electron chi connectivity index (χ3n) is 7.15. The lowest BCUT2D eigenvalue weighted by Gasteiger charge is -2.36. The summed E-state index contributed by atoms with van der Waals surface area (Å²) in [5.74, 6) is 9.13. The molecular weight excluding hydrogens is 634 g/mol. The number of nitrogens with two attached hydrogens (primary N) is 1. The molecule has 6 N–H and O–H groups in total. The summed E-state index contributed by atoms with van der Waals surface area (Å²) in [5, 5.41) is 30.2. The van der Waals surface area contributed by atoms with Crippen LogP contribution in [0.5, 0.6) is 0 Å². The van der Waals surface area contributed by atoms with Crippen LogP contribution in [0, 0.1) is 35.3 Å². The minimum absolute atomic E-state index is 0.153. The zero-order chi connectivity index (χ0) is 35.3. The Bertz CT molecular complexity index is 1860. The van der Waals surface area contributed by atoms with Crippen LogP contribution in [0.1, 0.15) is 43.0 Å². The number of nitrogens with one attached hydrogen (secondary N) is 1. The SMILES string of the molecule is NCC1(O)COC1.O=C(NCC1(O)COC1)c1ccc(C#Cc2ccccc2F)cc1.O=C(O)c1ccc(C#Cc2ccccc2F)cc1. The minimum Gasteiger partial charge on any atom is -0.478 e. The largest absolute Gasteiger partial charge is 0.478 e. The van der Waals surface area contributed by atoms with Gasteiger partial charge in [-0.3, -0.25) is 4.79 Å². The van der Waals surface area contributed by atoms with Gasteiger partial charge in [0.25, 0.3) is 5.91 Å². The van der Waals surface area contributed by atoms with Crippen LogP contribution in [-0.4, -0.2) is 77.9 Å². The Morgan fingerprint density at radius 3 is 1.45 bits per heavy atom. The third-order valence-corrected chi connectivity index (χ3v) is 7.15. The van der Waals surface area contributed by atoms with E-state index in [1.165, 1.54) is 24.3 Å². The lowest BCUT2D eigenvalue weighted by Crippen LogP contribution is -2.56. The van der Waals surface area contributed by atoms with Crippen molar-refractivity contribution in [3.05, 3.63) is 142 Å². The van der Waals surface area contributed by atoms with Gasteiger partial charge in [-0.2, -0.15) is 0 Å². The van der Waals surface area contributed by atoms with Gasteiger partial charge in [-0.1, -0.05) is 47.9 Å². The lowest BCUT2D eigenvalue weighted by molar-refractivity contribution is -0.173. The van der Waals surface area contributed by atoms with Gasteiger partial charge < -0.3 is 35.8 Å². The molecular formula is C38H34F2N2O7. The number of aliphatic hydroxyl groups is 2. The number of hydrogen-bond donors (Lipinski definition) is 5. The maximum Gasteiger partial charge on any atom is 0.335 e. The van der Waals surface area contributed by atoms with Gasteiger partial charge in [0.05, 0.1) is 49.7 Å². The third kappa shape index (κ3) is 11.1. The first-order chi connectivity index (χ1) is 23.5. The summed E-state index contributed by atoms with van der Waals surface area (Å²) in [4.78, 5) is 22.7. The Morgan fingerprint density at radius 2 is 1.10 bits per heavy atom. The molecule has 2 aliphatic heterocycles. The maximum absolute atomic E-state index is 13.5. The van der Waals surface area contributed by atoms with Crippen molar-refractivity contribution in [1.82, 2.24) is 5.32 Å². The van der Waals surface area contributed by atoms with Gasteiger partial charge in [-0.15, -0.1) is 0 Å². The smallest absolute Gasteiger partial charge is 0.335 e. The summed E-state index contributed by atoms with van der Waals surface area (Å²) in [7, 11) is 0. The number of halogens is 2. The molecule has 252 valence electrons. The first kappa shape index (κ1) is 36.4. The molecule has 0 radical (unpaired) electrons. The number of ether oxygens (including phenoxy) is 2. The highest BCUT2D eigenvalue weighted by Gasteiger charge is 2.36. The molecule has 2 heterocycles. The number of hydrogen-bond acceptors (Lipinski definition) is 7. The van der Waals surface area contributed by atoms with E-state index in [9.17, 15) is 23.5 Å². The fourth-order valence-electron chi connectivity index (χ4n) is 4.05. The van der Waals surface area contributed by atoms with E-state index in [4.69, 9.17) is 25.4 Å². The van der Waals surface area contributed by atoms with E-state index < -0.39 is 17.2 Å². The summed E-state index contributed by atoms with van der Waals surface area (Å²) in [6.07, 6.45) is 0. The molecule has 0 saturated carbocycles. The van der Waals surface area contributed by atoms with Gasteiger partial charge in [0.1, 0.15) is 22.8 Å². The highest BCUT2D eigenvalue weighted by atomic mass is 19.1. The normalized spacial score (nSPS) is 14.6. The van der Waals surface area contributed by atoms with Crippen molar-refractivity contribution in [2.24, 2.45) is 5.73 Å². The summed E-state index contributed by atoms with van der Waals surface area (Å²) < 4.78 is 36.4. The minimum atomic E-state index is -0.983. The zero-order valence-electron chi connectivity index (χ0n) is 26.3. The predicted octanol–water partition coefficient (Wildman–Crippen LogP) is 3.35. The predicted molar refractivity (Wildman–Crippen MR) is 178 cm³/mol. The van der Waals surface area contributed by atoms with E-state index in [0.29, 0.717) is 47.6 Å². The van der Waals surface area contributed by atoms with E-state index in [2.05, 4.69) is 29.0 Å². The first-order valence-corrected chi connectivity index (χ1v) is 15.0. The Morgan fingerprint density at radius 1 is 0.673 bits per heavy atom. The van der Waals surface area contributed by atoms with Gasteiger partial charge in [-0.05, 0) is 72.8 Å². The van der Waals surface area contributed by atoms with Gasteiger partial charge in [0.2, 0.25) is 0 Å². The summed E-state index contributed by atoms with van der Waals surface area (Å²) in [6.45, 7) is 1.75. The van der Waals surface area contributed by atoms with Gasteiger partial charge in [0, 0.05) is 23.2 Å². The quantitative estimate of drug-likeness (QED) is 0.203. The van der Waals surface area contributed by atoms with E-state index in [1.807, 2.05) is 0 Å². The lowest BCUT2D eigenvalue weighted by atomic mass is 10.0. The molecule has 2 aliphatic rings. The van der Waals surface area contributed by atoms with E-state index in [0.717, 1.165) is 0 Å². The van der Waals surface area contributed by atoms with Crippen molar-refractivity contribution in [2.75, 3.05) is 39.5 Å². The fourth-order valence-corrected chi connectivity index (χ4v) is 4.05. The topological polar surface area (TPSA) is 151 Å². The van der Waals surface area contributed by atoms with Crippen molar-refractivity contribution in [3.8, 4) is 23.7 Å². The highest BCUT2D eigenvalue weighted by Crippen LogP contribution is 2.15. The molecule has 0 bridgehead atoms. The van der Waals surface area contributed by atoms with Crippen LogP contribution in [0.25, 0.3) is 0 Å². The Balaban J connectivity index is 0.000000189. The second kappa shape index (κ2) is 17.1. The number of rotatable bonds is 5. The molecule has 0 atom stereocenters. The molecule has 0 spiro atoms. The number of carbonyl (C=O) groups is 2. The zero-order valence-corrected chi connectivity index (χ0v) is 26.3. The van der Waals surface area contributed by atoms with Crippen molar-refractivity contribution in [3.63, 3.8) is 0 Å². The van der Waals surface area contributed by atoms with Crippen molar-refractivity contribution >= 4 is 11.9 Å². The number of aromatic carboxylic acids is 1. The molecule has 0 aliphatic carbocycles. The molecule has 9 nitrogen and oxygen atoms in total. The second-order valence-electron chi connectivity index (χ2n) is 11.2. The van der Waals surface area contributed by atoms with Crippen LogP contribution in [0.2, 0.25) is 0 Å². The van der Waals surface area contributed by atoms with Crippen molar-refractivity contribution in [1.29, 1.82) is 0 Å². The van der Waals surface area contributed by atoms with Gasteiger partial charge in [0.15, 0.2) is 0 Å². The van der Waals surface area contributed by atoms with Crippen LogP contribution in [0.15, 0.2) is 97.1 Å². The van der Waals surface area contributed by atoms with E-state index in [-0.39, 0.29) is 42.9 Å². The standard InChI is InChI=1S/C19H16FNO3.C15H9FO2.C4H9NO2/c20-17-4-2-1-3-15(17)8-5-14-6-9-16(10-7-14)18(22)21-11-19(23)12-24-13-19;16-14-4-2-1-3-12(14)8-5-11-6-9-13(10-7-11)15(17)18;5-1-4(6)2-7-3-4/h1-4,6-7,9-10,23H,11-13H2,(H,21,22);1-4,6-7,9-10H,(H,17,18);6H,1-3,5H2.